The number of H-pyrrole nitrogens is 1. The molecule has 0 spiro atoms. The SMILES string of the molecule is NC(=O)c1nnc(N)nc1Nc1ccc2cn[nH]c2c1. The molecule has 20 heavy (non-hydrogen) atoms. The molecule has 0 saturated carbocycles. The minimum Gasteiger partial charge on any atom is -0.366 e. The molecule has 0 aliphatic carbocycles. The van der Waals surface area contributed by atoms with Gasteiger partial charge in [-0.2, -0.15) is 10.1 Å². The van der Waals surface area contributed by atoms with E-state index < -0.39 is 5.91 Å². The molecule has 0 aliphatic rings. The van der Waals surface area contributed by atoms with Crippen LogP contribution in [0.15, 0.2) is 24.4 Å². The van der Waals surface area contributed by atoms with Gasteiger partial charge < -0.3 is 16.8 Å². The highest BCUT2D eigenvalue weighted by Crippen LogP contribution is 2.21. The topological polar surface area (TPSA) is 148 Å². The monoisotopic (exact) mass is 270 g/mol. The van der Waals surface area contributed by atoms with Crippen LogP contribution in [0.4, 0.5) is 17.5 Å². The van der Waals surface area contributed by atoms with Gasteiger partial charge in [-0.25, -0.2) is 0 Å². The summed E-state index contributed by atoms with van der Waals surface area (Å²) in [4.78, 5) is 15.2. The van der Waals surface area contributed by atoms with E-state index in [0.29, 0.717) is 5.69 Å². The van der Waals surface area contributed by atoms with Gasteiger partial charge in [-0.3, -0.25) is 9.89 Å². The highest BCUT2D eigenvalue weighted by Gasteiger charge is 2.13. The van der Waals surface area contributed by atoms with Gasteiger partial charge in [0.25, 0.3) is 5.91 Å². The number of rotatable bonds is 3. The number of primary amides is 1. The van der Waals surface area contributed by atoms with Crippen LogP contribution in [-0.4, -0.2) is 31.3 Å². The van der Waals surface area contributed by atoms with Gasteiger partial charge in [0.1, 0.15) is 0 Å². The van der Waals surface area contributed by atoms with Crippen molar-refractivity contribution >= 4 is 34.3 Å². The number of anilines is 3. The first-order chi connectivity index (χ1) is 9.63. The predicted molar refractivity (Wildman–Crippen MR) is 72.1 cm³/mol. The van der Waals surface area contributed by atoms with E-state index in [1.54, 1.807) is 12.3 Å². The summed E-state index contributed by atoms with van der Waals surface area (Å²) in [5.41, 5.74) is 12.1. The van der Waals surface area contributed by atoms with Crippen molar-refractivity contribution in [1.29, 1.82) is 0 Å². The summed E-state index contributed by atoms with van der Waals surface area (Å²) in [6.07, 6.45) is 1.71. The number of aromatic amines is 1. The Morgan fingerprint density at radius 2 is 2.15 bits per heavy atom. The number of nitrogens with zero attached hydrogens (tertiary/aromatic N) is 4. The zero-order valence-electron chi connectivity index (χ0n) is 10.2. The van der Waals surface area contributed by atoms with Gasteiger partial charge in [0.15, 0.2) is 11.5 Å². The van der Waals surface area contributed by atoms with E-state index in [4.69, 9.17) is 11.5 Å². The fraction of sp³-hybridized carbons (Fsp3) is 0. The van der Waals surface area contributed by atoms with E-state index in [1.807, 2.05) is 12.1 Å². The van der Waals surface area contributed by atoms with Crippen molar-refractivity contribution in [3.63, 3.8) is 0 Å². The summed E-state index contributed by atoms with van der Waals surface area (Å²) in [5, 5.41) is 17.8. The number of hydrogen-bond donors (Lipinski definition) is 4. The lowest BCUT2D eigenvalue weighted by Crippen LogP contribution is -2.18. The number of hydrogen-bond acceptors (Lipinski definition) is 7. The Kier molecular flexibility index (Phi) is 2.64. The van der Waals surface area contributed by atoms with Crippen molar-refractivity contribution in [2.75, 3.05) is 11.1 Å². The van der Waals surface area contributed by atoms with Gasteiger partial charge in [-0.05, 0) is 18.2 Å². The zero-order chi connectivity index (χ0) is 14.1. The average Bonchev–Trinajstić information content (AvgIpc) is 2.85. The Bertz CT molecular complexity index is 796. The predicted octanol–water partition coefficient (Wildman–Crippen LogP) is 0.173. The Morgan fingerprint density at radius 3 is 2.95 bits per heavy atom. The van der Waals surface area contributed by atoms with Crippen molar-refractivity contribution in [2.24, 2.45) is 5.73 Å². The van der Waals surface area contributed by atoms with E-state index in [2.05, 4.69) is 30.7 Å². The van der Waals surface area contributed by atoms with Crippen LogP contribution in [0.5, 0.6) is 0 Å². The van der Waals surface area contributed by atoms with Gasteiger partial charge >= 0.3 is 0 Å². The lowest BCUT2D eigenvalue weighted by molar-refractivity contribution is 0.0995. The third-order valence-electron chi connectivity index (χ3n) is 2.64. The summed E-state index contributed by atoms with van der Waals surface area (Å²) in [7, 11) is 0. The quantitative estimate of drug-likeness (QED) is 0.530. The molecule has 2 aromatic heterocycles. The van der Waals surface area contributed by atoms with Crippen LogP contribution in [0, 0.1) is 0 Å². The Hall–Kier alpha value is -3.23. The zero-order valence-corrected chi connectivity index (χ0v) is 10.2. The second-order valence-electron chi connectivity index (χ2n) is 4.03. The van der Waals surface area contributed by atoms with E-state index in [9.17, 15) is 4.79 Å². The van der Waals surface area contributed by atoms with Crippen molar-refractivity contribution < 1.29 is 4.79 Å². The van der Waals surface area contributed by atoms with Crippen LogP contribution < -0.4 is 16.8 Å². The lowest BCUT2D eigenvalue weighted by Gasteiger charge is -2.08. The molecule has 3 rings (SSSR count). The van der Waals surface area contributed by atoms with Gasteiger partial charge in [0, 0.05) is 11.1 Å². The minimum atomic E-state index is -0.741. The first kappa shape index (κ1) is 11.8. The van der Waals surface area contributed by atoms with Crippen LogP contribution in [0.3, 0.4) is 0 Å². The number of carbonyl (C=O) groups excluding carboxylic acids is 1. The molecular formula is C11H10N8O. The molecule has 0 aliphatic heterocycles. The van der Waals surface area contributed by atoms with Crippen LogP contribution >= 0.6 is 0 Å². The van der Waals surface area contributed by atoms with Crippen molar-refractivity contribution in [2.45, 2.75) is 0 Å². The molecule has 0 unspecified atom stereocenters. The van der Waals surface area contributed by atoms with Crippen molar-refractivity contribution in [3.8, 4) is 0 Å². The average molecular weight is 270 g/mol. The van der Waals surface area contributed by atoms with Crippen molar-refractivity contribution in [3.05, 3.63) is 30.1 Å². The lowest BCUT2D eigenvalue weighted by atomic mass is 10.2. The van der Waals surface area contributed by atoms with E-state index >= 15 is 0 Å². The maximum Gasteiger partial charge on any atom is 0.273 e. The van der Waals surface area contributed by atoms with Gasteiger partial charge in [-0.1, -0.05) is 0 Å². The van der Waals surface area contributed by atoms with Gasteiger partial charge in [-0.15, -0.1) is 10.2 Å². The largest absolute Gasteiger partial charge is 0.366 e. The molecule has 0 fully saturated rings. The second kappa shape index (κ2) is 4.46. The number of amides is 1. The van der Waals surface area contributed by atoms with Crippen LogP contribution in [0.2, 0.25) is 0 Å². The van der Waals surface area contributed by atoms with E-state index in [1.165, 1.54) is 0 Å². The summed E-state index contributed by atoms with van der Waals surface area (Å²) in [6, 6.07) is 5.48. The van der Waals surface area contributed by atoms with Gasteiger partial charge in [0.2, 0.25) is 5.95 Å². The molecule has 1 amide bonds. The van der Waals surface area contributed by atoms with Crippen molar-refractivity contribution in [1.82, 2.24) is 25.4 Å². The minimum absolute atomic E-state index is 0.0554. The molecule has 9 nitrogen and oxygen atoms in total. The number of carbonyl (C=O) groups is 1. The molecule has 2 heterocycles. The Balaban J connectivity index is 2.01. The first-order valence-corrected chi connectivity index (χ1v) is 5.63. The molecule has 0 saturated heterocycles. The first-order valence-electron chi connectivity index (χ1n) is 5.63. The number of fused-ring (bicyclic) bond motifs is 1. The smallest absolute Gasteiger partial charge is 0.273 e. The summed E-state index contributed by atoms with van der Waals surface area (Å²) in [5.74, 6) is -0.640. The third kappa shape index (κ3) is 2.07. The molecular weight excluding hydrogens is 260 g/mol. The molecule has 3 aromatic rings. The normalized spacial score (nSPS) is 10.6. The standard InChI is InChI=1S/C11H10N8O/c12-9(20)8-10(16-11(13)19-18-8)15-6-2-1-5-4-14-17-7(5)3-6/h1-4H,(H2,12,20)(H,14,17)(H3,13,15,16,19). The highest BCUT2D eigenvalue weighted by molar-refractivity contribution is 5.96. The molecule has 0 bridgehead atoms. The highest BCUT2D eigenvalue weighted by atomic mass is 16.1. The van der Waals surface area contributed by atoms with Crippen LogP contribution in [-0.2, 0) is 0 Å². The molecule has 6 N–H and O–H groups in total. The fourth-order valence-electron chi connectivity index (χ4n) is 1.74. The summed E-state index contributed by atoms with van der Waals surface area (Å²) < 4.78 is 0. The van der Waals surface area contributed by atoms with E-state index in [0.717, 1.165) is 10.9 Å². The number of aromatic nitrogens is 5. The number of benzene rings is 1. The summed E-state index contributed by atoms with van der Waals surface area (Å²) in [6.45, 7) is 0. The second-order valence-corrected chi connectivity index (χ2v) is 4.03. The Labute approximate surface area is 112 Å². The molecule has 0 radical (unpaired) electrons. The maximum absolute atomic E-state index is 11.3. The summed E-state index contributed by atoms with van der Waals surface area (Å²) >= 11 is 0. The molecule has 1 aromatic carbocycles. The molecule has 100 valence electrons. The third-order valence-corrected chi connectivity index (χ3v) is 2.64. The van der Waals surface area contributed by atoms with Gasteiger partial charge in [0.05, 0.1) is 11.7 Å². The van der Waals surface area contributed by atoms with Crippen LogP contribution in [0.25, 0.3) is 10.9 Å². The molecule has 0 atom stereocenters. The van der Waals surface area contributed by atoms with E-state index in [-0.39, 0.29) is 17.5 Å². The number of nitrogens with one attached hydrogen (secondary N) is 2. The number of nitrogens with two attached hydrogens (primary N) is 2. The maximum atomic E-state index is 11.3. The molecule has 9 heteroatoms. The van der Waals surface area contributed by atoms with Crippen LogP contribution in [0.1, 0.15) is 10.5 Å². The fourth-order valence-corrected chi connectivity index (χ4v) is 1.74. The number of nitrogen functional groups attached to an aromatic ring is 1. The Morgan fingerprint density at radius 1 is 1.30 bits per heavy atom.